The number of carbonyl (C=O) groups is 2. The van der Waals surface area contributed by atoms with Crippen molar-refractivity contribution in [2.45, 2.75) is 30.0 Å². The fraction of sp³-hybridized carbons (Fsp3) is 0.231. The molecule has 174 valence electrons. The molecule has 3 aromatic rings. The van der Waals surface area contributed by atoms with Gasteiger partial charge in [0, 0.05) is 16.9 Å². The lowest BCUT2D eigenvalue weighted by molar-refractivity contribution is -0.123. The molecular formula is C26H23F2N3O2S. The Hall–Kier alpha value is -3.39. The van der Waals surface area contributed by atoms with Crippen molar-refractivity contribution >= 4 is 35.1 Å². The molecule has 3 aromatic carbocycles. The van der Waals surface area contributed by atoms with Gasteiger partial charge in [0.25, 0.3) is 5.91 Å². The molecule has 1 unspecified atom stereocenters. The first-order chi connectivity index (χ1) is 16.2. The van der Waals surface area contributed by atoms with Gasteiger partial charge in [-0.2, -0.15) is 0 Å². The summed E-state index contributed by atoms with van der Waals surface area (Å²) in [4.78, 5) is 29.5. The number of thioether (sulfide) groups is 1. The maximum absolute atomic E-state index is 14.3. The molecule has 0 bridgehead atoms. The molecule has 2 aliphatic heterocycles. The molecule has 8 heteroatoms. The van der Waals surface area contributed by atoms with E-state index in [1.807, 2.05) is 38.1 Å². The highest BCUT2D eigenvalue weighted by Crippen LogP contribution is 2.59. The van der Waals surface area contributed by atoms with E-state index in [9.17, 15) is 18.4 Å². The van der Waals surface area contributed by atoms with Gasteiger partial charge < -0.3 is 10.2 Å². The van der Waals surface area contributed by atoms with Gasteiger partial charge in [-0.15, -0.1) is 11.8 Å². The van der Waals surface area contributed by atoms with Crippen molar-refractivity contribution in [3.05, 3.63) is 95.6 Å². The molecule has 1 saturated heterocycles. The summed E-state index contributed by atoms with van der Waals surface area (Å²) in [6.45, 7) is 4.49. The van der Waals surface area contributed by atoms with E-state index < -0.39 is 21.5 Å². The van der Waals surface area contributed by atoms with Gasteiger partial charge in [0.05, 0.1) is 17.9 Å². The lowest BCUT2D eigenvalue weighted by Crippen LogP contribution is -2.51. The van der Waals surface area contributed by atoms with Crippen LogP contribution in [0.25, 0.3) is 0 Å². The number of rotatable bonds is 3. The summed E-state index contributed by atoms with van der Waals surface area (Å²) in [5.74, 6) is -1.15. The molecule has 0 saturated carbocycles. The van der Waals surface area contributed by atoms with Crippen molar-refractivity contribution in [1.29, 1.82) is 0 Å². The Morgan fingerprint density at radius 3 is 2.41 bits per heavy atom. The van der Waals surface area contributed by atoms with Gasteiger partial charge in [-0.1, -0.05) is 42.5 Å². The van der Waals surface area contributed by atoms with Gasteiger partial charge in [0.2, 0.25) is 0 Å². The van der Waals surface area contributed by atoms with Crippen molar-refractivity contribution < 1.29 is 18.4 Å². The van der Waals surface area contributed by atoms with E-state index in [2.05, 4.69) is 5.32 Å². The molecule has 0 aromatic heterocycles. The molecule has 3 amide bonds. The number of anilines is 2. The summed E-state index contributed by atoms with van der Waals surface area (Å²) in [5, 5.41) is 2.65. The Bertz CT molecular complexity index is 1280. The Morgan fingerprint density at radius 1 is 1.00 bits per heavy atom. The van der Waals surface area contributed by atoms with Gasteiger partial charge in [0.15, 0.2) is 4.87 Å². The van der Waals surface area contributed by atoms with Gasteiger partial charge >= 0.3 is 6.03 Å². The number of nitrogens with zero attached hydrogens (tertiary/aromatic N) is 2. The van der Waals surface area contributed by atoms with Crippen LogP contribution in [0.5, 0.6) is 0 Å². The lowest BCUT2D eigenvalue weighted by atomic mass is 10.1. The number of para-hydroxylation sites is 2. The SMILES string of the molecule is CC1(C)CN(C(=O)Nc2ccccc2F)C2(S1)C(=O)N(Cc1ccc(F)cc1)c1ccccc12. The normalized spacial score (nSPS) is 20.6. The third kappa shape index (κ3) is 3.62. The van der Waals surface area contributed by atoms with E-state index in [0.29, 0.717) is 17.8 Å². The standard InChI is InChI=1S/C26H23F2N3O2S/c1-25(2)16-31(24(33)29-21-9-5-4-8-20(21)28)26(34-25)19-7-3-6-10-22(19)30(23(26)32)15-17-11-13-18(27)14-12-17/h3-14H,15-16H2,1-2H3,(H,29,33). The molecule has 2 heterocycles. The fourth-order valence-electron chi connectivity index (χ4n) is 4.63. The van der Waals surface area contributed by atoms with Crippen LogP contribution < -0.4 is 10.2 Å². The van der Waals surface area contributed by atoms with Crippen LogP contribution in [-0.4, -0.2) is 28.1 Å². The number of fused-ring (bicyclic) bond motifs is 2. The highest BCUT2D eigenvalue weighted by atomic mass is 32.2. The second-order valence-electron chi connectivity index (χ2n) is 9.04. The van der Waals surface area contributed by atoms with Crippen LogP contribution in [0, 0.1) is 11.6 Å². The summed E-state index contributed by atoms with van der Waals surface area (Å²) in [6.07, 6.45) is 0. The minimum absolute atomic E-state index is 0.0549. The molecule has 5 rings (SSSR count). The van der Waals surface area contributed by atoms with Crippen LogP contribution in [0.2, 0.25) is 0 Å². The fourth-order valence-corrected chi connectivity index (χ4v) is 6.36. The molecule has 34 heavy (non-hydrogen) atoms. The van der Waals surface area contributed by atoms with Gasteiger partial charge in [-0.3, -0.25) is 9.69 Å². The molecule has 1 fully saturated rings. The molecule has 5 nitrogen and oxygen atoms in total. The van der Waals surface area contributed by atoms with Gasteiger partial charge in [-0.25, -0.2) is 13.6 Å². The second kappa shape index (κ2) is 8.13. The molecule has 1 atom stereocenters. The van der Waals surface area contributed by atoms with E-state index in [1.165, 1.54) is 40.9 Å². The van der Waals surface area contributed by atoms with Crippen LogP contribution in [0.1, 0.15) is 25.0 Å². The lowest BCUT2D eigenvalue weighted by Gasteiger charge is -2.33. The van der Waals surface area contributed by atoms with E-state index >= 15 is 0 Å². The highest BCUT2D eigenvalue weighted by molar-refractivity contribution is 8.02. The van der Waals surface area contributed by atoms with Crippen LogP contribution >= 0.6 is 11.8 Å². The molecular weight excluding hydrogens is 456 g/mol. The maximum atomic E-state index is 14.3. The summed E-state index contributed by atoms with van der Waals surface area (Å²) in [7, 11) is 0. The summed E-state index contributed by atoms with van der Waals surface area (Å²) in [6, 6.07) is 18.8. The zero-order chi connectivity index (χ0) is 24.1. The van der Waals surface area contributed by atoms with Crippen molar-refractivity contribution in [2.24, 2.45) is 0 Å². The second-order valence-corrected chi connectivity index (χ2v) is 10.9. The van der Waals surface area contributed by atoms with Crippen molar-refractivity contribution in [3.63, 3.8) is 0 Å². The van der Waals surface area contributed by atoms with Gasteiger partial charge in [0.1, 0.15) is 11.6 Å². The van der Waals surface area contributed by atoms with E-state index in [0.717, 1.165) is 5.56 Å². The van der Waals surface area contributed by atoms with Gasteiger partial charge in [-0.05, 0) is 49.7 Å². The van der Waals surface area contributed by atoms with E-state index in [-0.39, 0.29) is 24.0 Å². The van der Waals surface area contributed by atoms with E-state index in [4.69, 9.17) is 0 Å². The van der Waals surface area contributed by atoms with Crippen molar-refractivity contribution in [2.75, 3.05) is 16.8 Å². The third-order valence-corrected chi connectivity index (χ3v) is 7.64. The minimum Gasteiger partial charge on any atom is -0.305 e. The zero-order valence-corrected chi connectivity index (χ0v) is 19.5. The number of halogens is 2. The van der Waals surface area contributed by atoms with Crippen LogP contribution in [0.4, 0.5) is 25.0 Å². The number of benzene rings is 3. The first-order valence-corrected chi connectivity index (χ1v) is 11.7. The average Bonchev–Trinajstić information content (AvgIpc) is 3.23. The molecule has 0 radical (unpaired) electrons. The number of urea groups is 1. The molecule has 0 aliphatic carbocycles. The van der Waals surface area contributed by atoms with Crippen LogP contribution in [-0.2, 0) is 16.2 Å². The van der Waals surface area contributed by atoms with E-state index in [1.54, 1.807) is 29.2 Å². The topological polar surface area (TPSA) is 52.7 Å². The molecule has 1 N–H and O–H groups in total. The summed E-state index contributed by atoms with van der Waals surface area (Å²) < 4.78 is 27.3. The Kier molecular flexibility index (Phi) is 5.36. The first-order valence-electron chi connectivity index (χ1n) is 10.9. The first kappa shape index (κ1) is 22.4. The number of nitrogens with one attached hydrogen (secondary N) is 1. The Morgan fingerprint density at radius 2 is 1.68 bits per heavy atom. The number of amides is 3. The monoisotopic (exact) mass is 479 g/mol. The van der Waals surface area contributed by atoms with Crippen LogP contribution in [0.3, 0.4) is 0 Å². The van der Waals surface area contributed by atoms with Crippen molar-refractivity contribution in [3.8, 4) is 0 Å². The number of hydrogen-bond acceptors (Lipinski definition) is 3. The largest absolute Gasteiger partial charge is 0.323 e. The smallest absolute Gasteiger partial charge is 0.305 e. The third-order valence-electron chi connectivity index (χ3n) is 6.05. The maximum Gasteiger partial charge on any atom is 0.323 e. The Balaban J connectivity index is 1.56. The summed E-state index contributed by atoms with van der Waals surface area (Å²) in [5.41, 5.74) is 2.23. The quantitative estimate of drug-likeness (QED) is 0.523. The predicted molar refractivity (Wildman–Crippen MR) is 130 cm³/mol. The minimum atomic E-state index is -1.30. The molecule has 1 spiro atoms. The van der Waals surface area contributed by atoms with Crippen LogP contribution in [0.15, 0.2) is 72.8 Å². The number of carbonyl (C=O) groups excluding carboxylic acids is 2. The highest BCUT2D eigenvalue weighted by Gasteiger charge is 2.63. The molecule has 2 aliphatic rings. The van der Waals surface area contributed by atoms with Crippen molar-refractivity contribution in [1.82, 2.24) is 4.90 Å². The number of hydrogen-bond donors (Lipinski definition) is 1. The predicted octanol–water partition coefficient (Wildman–Crippen LogP) is 5.72. The average molecular weight is 480 g/mol. The zero-order valence-electron chi connectivity index (χ0n) is 18.7. The Labute approximate surface area is 200 Å². The summed E-state index contributed by atoms with van der Waals surface area (Å²) >= 11 is 1.42.